The molecule has 1 atom stereocenters. The van der Waals surface area contributed by atoms with E-state index in [1.807, 2.05) is 45.0 Å². The minimum atomic E-state index is -3.64. The Bertz CT molecular complexity index is 1140. The molecule has 0 aliphatic carbocycles. The molecule has 1 fully saturated rings. The van der Waals surface area contributed by atoms with Crippen molar-refractivity contribution in [2.24, 2.45) is 0 Å². The Labute approximate surface area is 196 Å². The lowest BCUT2D eigenvalue weighted by Crippen LogP contribution is -2.46. The van der Waals surface area contributed by atoms with Crippen LogP contribution in [0.3, 0.4) is 0 Å². The van der Waals surface area contributed by atoms with Gasteiger partial charge in [0.1, 0.15) is 0 Å². The summed E-state index contributed by atoms with van der Waals surface area (Å²) in [5, 5.41) is 5.24. The fraction of sp³-hybridized carbons (Fsp3) is 0.440. The summed E-state index contributed by atoms with van der Waals surface area (Å²) in [7, 11) is -3.64. The van der Waals surface area contributed by atoms with Crippen molar-refractivity contribution in [3.05, 3.63) is 58.7 Å². The van der Waals surface area contributed by atoms with E-state index in [-0.39, 0.29) is 12.6 Å². The second kappa shape index (κ2) is 10.5. The van der Waals surface area contributed by atoms with E-state index in [1.54, 1.807) is 23.4 Å². The molecule has 0 bridgehead atoms. The summed E-state index contributed by atoms with van der Waals surface area (Å²) < 4.78 is 28.4. The number of carbonyl (C=O) groups excluding carboxylic acids is 2. The highest BCUT2D eigenvalue weighted by Gasteiger charge is 2.34. The smallest absolute Gasteiger partial charge is 0.313 e. The molecule has 2 N–H and O–H groups in total. The van der Waals surface area contributed by atoms with E-state index in [9.17, 15) is 18.0 Å². The molecule has 7 nitrogen and oxygen atoms in total. The van der Waals surface area contributed by atoms with Crippen LogP contribution in [0.5, 0.6) is 0 Å². The number of hydrogen-bond donors (Lipinski definition) is 2. The van der Waals surface area contributed by atoms with Crippen LogP contribution < -0.4 is 10.6 Å². The molecule has 1 aliphatic rings. The number of amides is 2. The normalized spacial score (nSPS) is 16.9. The van der Waals surface area contributed by atoms with Gasteiger partial charge in [0.2, 0.25) is 10.0 Å². The predicted octanol–water partition coefficient (Wildman–Crippen LogP) is 3.61. The second-order valence-corrected chi connectivity index (χ2v) is 10.7. The summed E-state index contributed by atoms with van der Waals surface area (Å²) in [4.78, 5) is 24.8. The molecule has 3 rings (SSSR count). The zero-order valence-corrected chi connectivity index (χ0v) is 20.6. The van der Waals surface area contributed by atoms with Crippen molar-refractivity contribution in [1.82, 2.24) is 9.62 Å². The van der Waals surface area contributed by atoms with Crippen molar-refractivity contribution < 1.29 is 18.0 Å². The molecule has 1 heterocycles. The highest BCUT2D eigenvalue weighted by molar-refractivity contribution is 7.89. The SMILES string of the molecule is Cc1ccc(C)c(S(=O)(=O)N2CCCC[C@@H]2CCNC(=O)C(=O)Nc2ccc(C)c(C)c2)c1. The van der Waals surface area contributed by atoms with E-state index in [4.69, 9.17) is 0 Å². The number of nitrogens with zero attached hydrogens (tertiary/aromatic N) is 1. The minimum absolute atomic E-state index is 0.216. The van der Waals surface area contributed by atoms with Crippen LogP contribution in [0.25, 0.3) is 0 Å². The Balaban J connectivity index is 1.61. The molecule has 1 saturated heterocycles. The Hall–Kier alpha value is -2.71. The average molecular weight is 472 g/mol. The van der Waals surface area contributed by atoms with Crippen LogP contribution >= 0.6 is 0 Å². The number of sulfonamides is 1. The first-order valence-electron chi connectivity index (χ1n) is 11.3. The van der Waals surface area contributed by atoms with Gasteiger partial charge in [0, 0.05) is 24.8 Å². The summed E-state index contributed by atoms with van der Waals surface area (Å²) in [5.74, 6) is -1.46. The number of hydrogen-bond acceptors (Lipinski definition) is 4. The highest BCUT2D eigenvalue weighted by Crippen LogP contribution is 2.29. The molecule has 0 radical (unpaired) electrons. The summed E-state index contributed by atoms with van der Waals surface area (Å²) in [6.45, 7) is 8.28. The Morgan fingerprint density at radius 3 is 2.39 bits per heavy atom. The van der Waals surface area contributed by atoms with Crippen LogP contribution in [0.1, 0.15) is 47.9 Å². The third kappa shape index (κ3) is 6.00. The van der Waals surface area contributed by atoms with Crippen molar-refractivity contribution in [3.8, 4) is 0 Å². The largest absolute Gasteiger partial charge is 0.348 e. The quantitative estimate of drug-likeness (QED) is 0.629. The summed E-state index contributed by atoms with van der Waals surface area (Å²) in [5.41, 5.74) is 4.31. The first-order valence-corrected chi connectivity index (χ1v) is 12.8. The van der Waals surface area contributed by atoms with Gasteiger partial charge in [0.25, 0.3) is 0 Å². The number of piperidine rings is 1. The lowest BCUT2D eigenvalue weighted by molar-refractivity contribution is -0.136. The fourth-order valence-electron chi connectivity index (χ4n) is 4.13. The van der Waals surface area contributed by atoms with E-state index >= 15 is 0 Å². The van der Waals surface area contributed by atoms with Crippen LogP contribution in [0.4, 0.5) is 5.69 Å². The molecular formula is C25H33N3O4S. The van der Waals surface area contributed by atoms with Crippen LogP contribution in [-0.2, 0) is 19.6 Å². The topological polar surface area (TPSA) is 95.6 Å². The lowest BCUT2D eigenvalue weighted by atomic mass is 10.0. The van der Waals surface area contributed by atoms with E-state index in [2.05, 4.69) is 10.6 Å². The number of anilines is 1. The molecule has 2 aromatic rings. The number of rotatable bonds is 6. The Morgan fingerprint density at radius 1 is 0.939 bits per heavy atom. The van der Waals surface area contributed by atoms with E-state index < -0.39 is 21.8 Å². The summed E-state index contributed by atoms with van der Waals surface area (Å²) in [6.07, 6.45) is 2.93. The van der Waals surface area contributed by atoms with Gasteiger partial charge < -0.3 is 10.6 Å². The first-order chi connectivity index (χ1) is 15.6. The van der Waals surface area contributed by atoms with Crippen molar-refractivity contribution in [2.45, 2.75) is 64.3 Å². The van der Waals surface area contributed by atoms with Crippen LogP contribution in [0.2, 0.25) is 0 Å². The molecule has 33 heavy (non-hydrogen) atoms. The van der Waals surface area contributed by atoms with Gasteiger partial charge in [-0.05, 0) is 87.4 Å². The van der Waals surface area contributed by atoms with Crippen LogP contribution in [0.15, 0.2) is 41.3 Å². The van der Waals surface area contributed by atoms with Crippen molar-refractivity contribution in [3.63, 3.8) is 0 Å². The van der Waals surface area contributed by atoms with Gasteiger partial charge in [0.05, 0.1) is 4.90 Å². The number of carbonyl (C=O) groups is 2. The van der Waals surface area contributed by atoms with Gasteiger partial charge in [-0.2, -0.15) is 4.31 Å². The van der Waals surface area contributed by atoms with E-state index in [0.717, 1.165) is 41.5 Å². The zero-order valence-electron chi connectivity index (χ0n) is 19.8. The molecule has 0 aromatic heterocycles. The molecule has 2 amide bonds. The molecule has 1 aliphatic heterocycles. The maximum Gasteiger partial charge on any atom is 0.313 e. The molecule has 8 heteroatoms. The lowest BCUT2D eigenvalue weighted by Gasteiger charge is -2.35. The molecule has 0 saturated carbocycles. The average Bonchev–Trinajstić information content (AvgIpc) is 2.78. The standard InChI is InChI=1S/C25H33N3O4S/c1-17-8-9-19(3)23(15-17)33(31,32)28-14-6-5-7-22(28)12-13-26-24(29)25(30)27-21-11-10-18(2)20(4)16-21/h8-11,15-16,22H,5-7,12-14H2,1-4H3,(H,26,29)(H,27,30)/t22-/m1/s1. The third-order valence-corrected chi connectivity index (χ3v) is 8.33. The van der Waals surface area contributed by atoms with Gasteiger partial charge in [-0.3, -0.25) is 9.59 Å². The first kappa shape index (κ1) is 24.9. The molecule has 178 valence electrons. The fourth-order valence-corrected chi connectivity index (χ4v) is 6.17. The van der Waals surface area contributed by atoms with E-state index in [1.165, 1.54) is 0 Å². The van der Waals surface area contributed by atoms with Crippen molar-refractivity contribution >= 4 is 27.5 Å². The zero-order chi connectivity index (χ0) is 24.2. The van der Waals surface area contributed by atoms with Crippen molar-refractivity contribution in [2.75, 3.05) is 18.4 Å². The molecular weight excluding hydrogens is 438 g/mol. The monoisotopic (exact) mass is 471 g/mol. The third-order valence-electron chi connectivity index (χ3n) is 6.24. The Morgan fingerprint density at radius 2 is 1.67 bits per heavy atom. The Kier molecular flexibility index (Phi) is 7.92. The van der Waals surface area contributed by atoms with Crippen molar-refractivity contribution in [1.29, 1.82) is 0 Å². The van der Waals surface area contributed by atoms with Gasteiger partial charge in [-0.25, -0.2) is 8.42 Å². The van der Waals surface area contributed by atoms with Crippen LogP contribution in [-0.4, -0.2) is 43.7 Å². The number of nitrogens with one attached hydrogen (secondary N) is 2. The predicted molar refractivity (Wildman–Crippen MR) is 130 cm³/mol. The van der Waals surface area contributed by atoms with Gasteiger partial charge in [-0.15, -0.1) is 0 Å². The molecule has 0 spiro atoms. The maximum atomic E-state index is 13.4. The second-order valence-electron chi connectivity index (χ2n) is 8.83. The van der Waals surface area contributed by atoms with Gasteiger partial charge >= 0.3 is 11.8 Å². The maximum absolute atomic E-state index is 13.4. The minimum Gasteiger partial charge on any atom is -0.348 e. The summed E-state index contributed by atoms with van der Waals surface area (Å²) >= 11 is 0. The molecule has 2 aromatic carbocycles. The molecule has 0 unspecified atom stereocenters. The number of aryl methyl sites for hydroxylation is 4. The highest BCUT2D eigenvalue weighted by atomic mass is 32.2. The van der Waals surface area contributed by atoms with Gasteiger partial charge in [0.15, 0.2) is 0 Å². The number of benzene rings is 2. The summed E-state index contributed by atoms with van der Waals surface area (Å²) in [6, 6.07) is 10.7. The van der Waals surface area contributed by atoms with Crippen LogP contribution in [0, 0.1) is 27.7 Å². The van der Waals surface area contributed by atoms with E-state index in [0.29, 0.717) is 23.5 Å². The van der Waals surface area contributed by atoms with Gasteiger partial charge in [-0.1, -0.05) is 24.6 Å².